The predicted molar refractivity (Wildman–Crippen MR) is 76.4 cm³/mol. The Balaban J connectivity index is 2.85. The molecule has 4 heteroatoms. The van der Waals surface area contributed by atoms with Gasteiger partial charge in [-0.15, -0.1) is 0 Å². The van der Waals surface area contributed by atoms with Crippen molar-refractivity contribution < 1.29 is 8.42 Å². The van der Waals surface area contributed by atoms with Crippen LogP contribution >= 0.6 is 0 Å². The lowest BCUT2D eigenvalue weighted by Gasteiger charge is -2.21. The molecular formula is C14H23NO2S. The van der Waals surface area contributed by atoms with Crippen LogP contribution in [0, 0.1) is 6.92 Å². The Labute approximate surface area is 111 Å². The Kier molecular flexibility index (Phi) is 5.35. The molecule has 0 saturated heterocycles. The van der Waals surface area contributed by atoms with Crippen molar-refractivity contribution in [3.63, 3.8) is 0 Å². The van der Waals surface area contributed by atoms with E-state index in [1.54, 1.807) is 6.92 Å². The van der Waals surface area contributed by atoms with Crippen molar-refractivity contribution in [3.05, 3.63) is 35.4 Å². The van der Waals surface area contributed by atoms with Gasteiger partial charge in [-0.3, -0.25) is 0 Å². The molecule has 2 atom stereocenters. The maximum Gasteiger partial charge on any atom is 0.158 e. The molecule has 0 aromatic heterocycles. The monoisotopic (exact) mass is 269 g/mol. The summed E-state index contributed by atoms with van der Waals surface area (Å²) in [6.07, 6.45) is 0. The summed E-state index contributed by atoms with van der Waals surface area (Å²) >= 11 is 0. The van der Waals surface area contributed by atoms with E-state index < -0.39 is 9.84 Å². The zero-order valence-electron chi connectivity index (χ0n) is 11.6. The summed E-state index contributed by atoms with van der Waals surface area (Å²) in [4.78, 5) is 0. The predicted octanol–water partition coefficient (Wildman–Crippen LogP) is 2.30. The maximum absolute atomic E-state index is 12.3. The molecule has 0 heterocycles. The Morgan fingerprint density at radius 2 is 1.83 bits per heavy atom. The lowest BCUT2D eigenvalue weighted by Crippen LogP contribution is -2.40. The van der Waals surface area contributed by atoms with Crippen LogP contribution in [0.25, 0.3) is 0 Å². The van der Waals surface area contributed by atoms with Gasteiger partial charge in [0.1, 0.15) is 0 Å². The molecule has 0 amide bonds. The van der Waals surface area contributed by atoms with E-state index in [-0.39, 0.29) is 17.0 Å². The first-order valence-electron chi connectivity index (χ1n) is 6.38. The van der Waals surface area contributed by atoms with Crippen molar-refractivity contribution >= 4 is 9.84 Å². The second-order valence-corrected chi connectivity index (χ2v) is 7.14. The minimum atomic E-state index is -3.12. The molecule has 0 aliphatic carbocycles. The van der Waals surface area contributed by atoms with Gasteiger partial charge in [0.15, 0.2) is 9.84 Å². The van der Waals surface area contributed by atoms with E-state index in [0.717, 1.165) is 17.7 Å². The van der Waals surface area contributed by atoms with Crippen molar-refractivity contribution in [1.29, 1.82) is 0 Å². The fourth-order valence-corrected chi connectivity index (χ4v) is 3.66. The summed E-state index contributed by atoms with van der Waals surface area (Å²) in [5, 5.41) is 2.79. The first kappa shape index (κ1) is 15.2. The van der Waals surface area contributed by atoms with Crippen LogP contribution < -0.4 is 5.32 Å². The summed E-state index contributed by atoms with van der Waals surface area (Å²) in [6, 6.07) is 7.62. The van der Waals surface area contributed by atoms with Crippen molar-refractivity contribution in [1.82, 2.24) is 5.32 Å². The summed E-state index contributed by atoms with van der Waals surface area (Å²) in [6.45, 7) is 8.41. The Morgan fingerprint density at radius 1 is 1.22 bits per heavy atom. The largest absolute Gasteiger partial charge is 0.313 e. The molecule has 0 aliphatic heterocycles. The van der Waals surface area contributed by atoms with Crippen molar-refractivity contribution in [3.8, 4) is 0 Å². The van der Waals surface area contributed by atoms with Crippen molar-refractivity contribution in [2.75, 3.05) is 6.54 Å². The van der Waals surface area contributed by atoms with Gasteiger partial charge in [0.05, 0.1) is 11.0 Å². The van der Waals surface area contributed by atoms with Gasteiger partial charge in [-0.05, 0) is 38.4 Å². The molecule has 1 aromatic carbocycles. The number of hydrogen-bond donors (Lipinski definition) is 1. The van der Waals surface area contributed by atoms with Gasteiger partial charge in [0, 0.05) is 6.04 Å². The lowest BCUT2D eigenvalue weighted by atomic mass is 10.1. The van der Waals surface area contributed by atoms with E-state index >= 15 is 0 Å². The molecule has 1 rings (SSSR count). The van der Waals surface area contributed by atoms with Gasteiger partial charge in [-0.2, -0.15) is 0 Å². The van der Waals surface area contributed by atoms with Crippen molar-refractivity contribution in [2.45, 2.75) is 44.7 Å². The zero-order valence-corrected chi connectivity index (χ0v) is 12.4. The standard InChI is InChI=1S/C14H23NO2S/c1-5-15-12(3)13(4)18(16,17)10-14-9-7-6-8-11(14)2/h6-9,12-13,15H,5,10H2,1-4H3. The maximum atomic E-state index is 12.3. The average molecular weight is 269 g/mol. The van der Waals surface area contributed by atoms with Crippen LogP contribution in [0.5, 0.6) is 0 Å². The Morgan fingerprint density at radius 3 is 2.39 bits per heavy atom. The number of hydrogen-bond acceptors (Lipinski definition) is 3. The topological polar surface area (TPSA) is 46.2 Å². The minimum absolute atomic E-state index is 0.0241. The van der Waals surface area contributed by atoms with Crippen LogP contribution in [-0.4, -0.2) is 26.3 Å². The van der Waals surface area contributed by atoms with Crippen LogP contribution in [0.1, 0.15) is 31.9 Å². The minimum Gasteiger partial charge on any atom is -0.313 e. The molecule has 0 spiro atoms. The van der Waals surface area contributed by atoms with Gasteiger partial charge in [-0.1, -0.05) is 31.2 Å². The van der Waals surface area contributed by atoms with Crippen LogP contribution in [0.4, 0.5) is 0 Å². The molecule has 1 aromatic rings. The molecule has 0 aliphatic rings. The smallest absolute Gasteiger partial charge is 0.158 e. The second-order valence-electron chi connectivity index (χ2n) is 4.79. The van der Waals surface area contributed by atoms with Gasteiger partial charge in [0.2, 0.25) is 0 Å². The van der Waals surface area contributed by atoms with Gasteiger partial charge in [-0.25, -0.2) is 8.42 Å². The van der Waals surface area contributed by atoms with E-state index in [1.165, 1.54) is 0 Å². The third-order valence-electron chi connectivity index (χ3n) is 3.41. The molecule has 3 nitrogen and oxygen atoms in total. The quantitative estimate of drug-likeness (QED) is 0.862. The number of aryl methyl sites for hydroxylation is 1. The highest BCUT2D eigenvalue weighted by atomic mass is 32.2. The summed E-state index contributed by atoms with van der Waals surface area (Å²) < 4.78 is 24.7. The highest BCUT2D eigenvalue weighted by Crippen LogP contribution is 2.16. The molecule has 1 N–H and O–H groups in total. The fraction of sp³-hybridized carbons (Fsp3) is 0.571. The first-order valence-corrected chi connectivity index (χ1v) is 8.09. The molecule has 0 saturated carbocycles. The fourth-order valence-electron chi connectivity index (χ4n) is 1.92. The zero-order chi connectivity index (χ0) is 13.8. The molecule has 0 bridgehead atoms. The average Bonchev–Trinajstić information content (AvgIpc) is 2.31. The van der Waals surface area contributed by atoms with E-state index in [4.69, 9.17) is 0 Å². The molecule has 0 fully saturated rings. The lowest BCUT2D eigenvalue weighted by molar-refractivity contribution is 0.520. The number of rotatable bonds is 6. The Bertz CT molecular complexity index is 482. The SMILES string of the molecule is CCNC(C)C(C)S(=O)(=O)Cc1ccccc1C. The van der Waals surface area contributed by atoms with Gasteiger partial charge < -0.3 is 5.32 Å². The van der Waals surface area contributed by atoms with Crippen LogP contribution in [0.2, 0.25) is 0 Å². The second kappa shape index (κ2) is 6.34. The van der Waals surface area contributed by atoms with Crippen LogP contribution in [0.15, 0.2) is 24.3 Å². The third kappa shape index (κ3) is 3.82. The van der Waals surface area contributed by atoms with Crippen LogP contribution in [0.3, 0.4) is 0 Å². The molecule has 0 radical (unpaired) electrons. The summed E-state index contributed by atoms with van der Waals surface area (Å²) in [5.41, 5.74) is 1.93. The van der Waals surface area contributed by atoms with Crippen LogP contribution in [-0.2, 0) is 15.6 Å². The number of sulfone groups is 1. The van der Waals surface area contributed by atoms with Crippen molar-refractivity contribution in [2.24, 2.45) is 0 Å². The summed E-state index contributed by atoms with van der Waals surface area (Å²) in [7, 11) is -3.12. The van der Waals surface area contributed by atoms with Gasteiger partial charge >= 0.3 is 0 Å². The van der Waals surface area contributed by atoms with Gasteiger partial charge in [0.25, 0.3) is 0 Å². The first-order chi connectivity index (χ1) is 8.38. The van der Waals surface area contributed by atoms with E-state index in [0.29, 0.717) is 0 Å². The Hall–Kier alpha value is -0.870. The molecular weight excluding hydrogens is 246 g/mol. The highest BCUT2D eigenvalue weighted by molar-refractivity contribution is 7.91. The van der Waals surface area contributed by atoms with E-state index in [9.17, 15) is 8.42 Å². The molecule has 2 unspecified atom stereocenters. The van der Waals surface area contributed by atoms with E-state index in [1.807, 2.05) is 45.0 Å². The number of benzene rings is 1. The molecule has 18 heavy (non-hydrogen) atoms. The number of nitrogens with one attached hydrogen (secondary N) is 1. The molecule has 102 valence electrons. The third-order valence-corrected chi connectivity index (χ3v) is 5.67. The highest BCUT2D eigenvalue weighted by Gasteiger charge is 2.26. The summed E-state index contributed by atoms with van der Waals surface area (Å²) in [5.74, 6) is 0.122. The van der Waals surface area contributed by atoms with E-state index in [2.05, 4.69) is 5.32 Å². The normalized spacial score (nSPS) is 15.3.